The van der Waals surface area contributed by atoms with Gasteiger partial charge in [-0.25, -0.2) is 9.82 Å². The number of nitrogens with one attached hydrogen (secondary N) is 1. The van der Waals surface area contributed by atoms with Crippen LogP contribution in [-0.4, -0.2) is 19.2 Å². The molecule has 0 unspecified atom stereocenters. The zero-order valence-corrected chi connectivity index (χ0v) is 12.0. The second kappa shape index (κ2) is 7.73. The molecule has 1 amide bonds. The third kappa shape index (κ3) is 4.28. The van der Waals surface area contributed by atoms with Gasteiger partial charge in [0.1, 0.15) is 11.6 Å². The van der Waals surface area contributed by atoms with Gasteiger partial charge in [-0.15, -0.1) is 0 Å². The van der Waals surface area contributed by atoms with E-state index in [0.717, 1.165) is 11.3 Å². The van der Waals surface area contributed by atoms with E-state index in [9.17, 15) is 9.18 Å². The number of amides is 1. The molecule has 0 radical (unpaired) electrons. The van der Waals surface area contributed by atoms with E-state index in [4.69, 9.17) is 4.74 Å². The van der Waals surface area contributed by atoms with Gasteiger partial charge in [0, 0.05) is 17.3 Å². The van der Waals surface area contributed by atoms with Gasteiger partial charge in [-0.3, -0.25) is 4.79 Å². The molecule has 0 aliphatic heterocycles. The van der Waals surface area contributed by atoms with Crippen molar-refractivity contribution in [3.8, 4) is 5.75 Å². The lowest BCUT2D eigenvalue weighted by Gasteiger charge is -2.02. The molecule has 112 valence electrons. The van der Waals surface area contributed by atoms with Crippen molar-refractivity contribution in [1.29, 1.82) is 0 Å². The third-order valence-electron chi connectivity index (χ3n) is 2.85. The van der Waals surface area contributed by atoms with Gasteiger partial charge < -0.3 is 4.74 Å². The van der Waals surface area contributed by atoms with Crippen LogP contribution in [0.25, 0.3) is 6.08 Å². The molecule has 5 heteroatoms. The predicted molar refractivity (Wildman–Crippen MR) is 84.4 cm³/mol. The van der Waals surface area contributed by atoms with Crippen LogP contribution in [0, 0.1) is 5.82 Å². The predicted octanol–water partition coefficient (Wildman–Crippen LogP) is 3.26. The molecule has 0 aliphatic rings. The molecule has 22 heavy (non-hydrogen) atoms. The Hall–Kier alpha value is -2.95. The molecule has 2 aromatic rings. The van der Waals surface area contributed by atoms with E-state index in [0.29, 0.717) is 5.56 Å². The van der Waals surface area contributed by atoms with E-state index in [1.807, 2.05) is 30.3 Å². The number of allylic oxidation sites excluding steroid dienone is 1. The zero-order valence-electron chi connectivity index (χ0n) is 12.0. The number of para-hydroxylation sites is 1. The van der Waals surface area contributed by atoms with Crippen LogP contribution in [0.1, 0.15) is 15.9 Å². The number of carbonyl (C=O) groups is 1. The molecule has 4 nitrogen and oxygen atoms in total. The van der Waals surface area contributed by atoms with Gasteiger partial charge in [-0.05, 0) is 42.5 Å². The summed E-state index contributed by atoms with van der Waals surface area (Å²) >= 11 is 0. The number of halogens is 1. The van der Waals surface area contributed by atoms with E-state index in [1.54, 1.807) is 13.2 Å². The molecule has 2 aromatic carbocycles. The van der Waals surface area contributed by atoms with Crippen molar-refractivity contribution < 1.29 is 13.9 Å². The third-order valence-corrected chi connectivity index (χ3v) is 2.85. The highest BCUT2D eigenvalue weighted by molar-refractivity contribution is 5.94. The van der Waals surface area contributed by atoms with Crippen LogP contribution in [0.4, 0.5) is 4.39 Å². The number of hydrogen-bond acceptors (Lipinski definition) is 3. The lowest BCUT2D eigenvalue weighted by atomic mass is 10.2. The summed E-state index contributed by atoms with van der Waals surface area (Å²) in [7, 11) is 1.60. The summed E-state index contributed by atoms with van der Waals surface area (Å²) in [5.41, 5.74) is 3.60. The normalized spacial score (nSPS) is 11.0. The first-order valence-electron chi connectivity index (χ1n) is 6.59. The van der Waals surface area contributed by atoms with Gasteiger partial charge in [0.2, 0.25) is 0 Å². The molecular formula is C17H15FN2O2. The minimum Gasteiger partial charge on any atom is -0.496 e. The molecular weight excluding hydrogens is 283 g/mol. The quantitative estimate of drug-likeness (QED) is 0.680. The minimum atomic E-state index is -0.401. The van der Waals surface area contributed by atoms with E-state index in [1.165, 1.54) is 30.5 Å². The van der Waals surface area contributed by atoms with Crippen molar-refractivity contribution in [3.63, 3.8) is 0 Å². The van der Waals surface area contributed by atoms with Crippen molar-refractivity contribution >= 4 is 18.2 Å². The summed E-state index contributed by atoms with van der Waals surface area (Å²) in [6.07, 6.45) is 4.95. The van der Waals surface area contributed by atoms with Crippen molar-refractivity contribution in [1.82, 2.24) is 5.43 Å². The van der Waals surface area contributed by atoms with Gasteiger partial charge in [-0.2, -0.15) is 5.10 Å². The zero-order chi connectivity index (χ0) is 15.8. The highest BCUT2D eigenvalue weighted by Crippen LogP contribution is 2.18. The maximum absolute atomic E-state index is 12.7. The smallest absolute Gasteiger partial charge is 0.271 e. The molecule has 0 atom stereocenters. The monoisotopic (exact) mass is 298 g/mol. The fourth-order valence-electron chi connectivity index (χ4n) is 1.76. The topological polar surface area (TPSA) is 50.7 Å². The first-order chi connectivity index (χ1) is 10.7. The van der Waals surface area contributed by atoms with Gasteiger partial charge in [0.15, 0.2) is 0 Å². The Morgan fingerprint density at radius 1 is 1.18 bits per heavy atom. The Labute approximate surface area is 127 Å². The molecule has 0 spiro atoms. The number of nitrogens with zero attached hydrogens (tertiary/aromatic N) is 1. The number of hydrogen-bond donors (Lipinski definition) is 1. The summed E-state index contributed by atoms with van der Waals surface area (Å²) in [4.78, 5) is 11.7. The molecule has 0 aromatic heterocycles. The van der Waals surface area contributed by atoms with Crippen molar-refractivity contribution in [2.45, 2.75) is 0 Å². The lowest BCUT2D eigenvalue weighted by molar-refractivity contribution is 0.0955. The number of methoxy groups -OCH3 is 1. The number of rotatable bonds is 5. The summed E-state index contributed by atoms with van der Waals surface area (Å²) < 4.78 is 18.0. The highest BCUT2D eigenvalue weighted by atomic mass is 19.1. The first-order valence-corrected chi connectivity index (χ1v) is 6.59. The molecule has 1 N–H and O–H groups in total. The Morgan fingerprint density at radius 3 is 2.64 bits per heavy atom. The minimum absolute atomic E-state index is 0.340. The van der Waals surface area contributed by atoms with Crippen LogP contribution < -0.4 is 10.2 Å². The highest BCUT2D eigenvalue weighted by Gasteiger charge is 2.02. The summed E-state index contributed by atoms with van der Waals surface area (Å²) in [5, 5.41) is 3.79. The number of hydrazone groups is 1. The maximum Gasteiger partial charge on any atom is 0.271 e. The average Bonchev–Trinajstić information content (AvgIpc) is 2.55. The van der Waals surface area contributed by atoms with Crippen LogP contribution in [0.3, 0.4) is 0 Å². The van der Waals surface area contributed by atoms with Crippen LogP contribution in [-0.2, 0) is 0 Å². The fourth-order valence-corrected chi connectivity index (χ4v) is 1.76. The Kier molecular flexibility index (Phi) is 5.43. The largest absolute Gasteiger partial charge is 0.496 e. The molecule has 0 saturated carbocycles. The van der Waals surface area contributed by atoms with Crippen molar-refractivity contribution in [3.05, 3.63) is 71.6 Å². The van der Waals surface area contributed by atoms with E-state index < -0.39 is 5.91 Å². The second-order valence-corrected chi connectivity index (χ2v) is 4.33. The number of carbonyl (C=O) groups excluding carboxylic acids is 1. The van der Waals surface area contributed by atoms with Crippen LogP contribution in [0.15, 0.2) is 59.7 Å². The Morgan fingerprint density at radius 2 is 1.91 bits per heavy atom. The SMILES string of the molecule is COc1ccccc1/C=C/C=N/NC(=O)c1ccc(F)cc1. The molecule has 2 rings (SSSR count). The second-order valence-electron chi connectivity index (χ2n) is 4.33. The molecule has 0 heterocycles. The maximum atomic E-state index is 12.7. The molecule has 0 fully saturated rings. The van der Waals surface area contributed by atoms with Gasteiger partial charge in [0.05, 0.1) is 7.11 Å². The van der Waals surface area contributed by atoms with Crippen LogP contribution in [0.5, 0.6) is 5.75 Å². The van der Waals surface area contributed by atoms with Gasteiger partial charge >= 0.3 is 0 Å². The fraction of sp³-hybridized carbons (Fsp3) is 0.0588. The molecule has 0 bridgehead atoms. The number of benzene rings is 2. The molecule has 0 aliphatic carbocycles. The first kappa shape index (κ1) is 15.4. The summed E-state index contributed by atoms with van der Waals surface area (Å²) in [6, 6.07) is 12.8. The summed E-state index contributed by atoms with van der Waals surface area (Å²) in [5.74, 6) is -0.0377. The van der Waals surface area contributed by atoms with Crippen LogP contribution >= 0.6 is 0 Å². The van der Waals surface area contributed by atoms with Gasteiger partial charge in [-0.1, -0.05) is 18.2 Å². The standard InChI is InChI=1S/C17H15FN2O2/c1-22-16-7-3-2-5-13(16)6-4-12-19-20-17(21)14-8-10-15(18)11-9-14/h2-12H,1H3,(H,20,21)/b6-4+,19-12+. The van der Waals surface area contributed by atoms with E-state index in [-0.39, 0.29) is 5.82 Å². The number of ether oxygens (including phenoxy) is 1. The Bertz CT molecular complexity index is 694. The summed E-state index contributed by atoms with van der Waals surface area (Å²) in [6.45, 7) is 0. The van der Waals surface area contributed by atoms with Gasteiger partial charge in [0.25, 0.3) is 5.91 Å². The van der Waals surface area contributed by atoms with Crippen molar-refractivity contribution in [2.24, 2.45) is 5.10 Å². The Balaban J connectivity index is 1.91. The van der Waals surface area contributed by atoms with Crippen molar-refractivity contribution in [2.75, 3.05) is 7.11 Å². The molecule has 0 saturated heterocycles. The average molecular weight is 298 g/mol. The lowest BCUT2D eigenvalue weighted by Crippen LogP contribution is -2.17. The van der Waals surface area contributed by atoms with E-state index in [2.05, 4.69) is 10.5 Å². The van der Waals surface area contributed by atoms with E-state index >= 15 is 0 Å². The van der Waals surface area contributed by atoms with Crippen LogP contribution in [0.2, 0.25) is 0 Å².